The lowest BCUT2D eigenvalue weighted by Crippen LogP contribution is -2.49. The molecule has 0 bridgehead atoms. The minimum Gasteiger partial charge on any atom is -0.480 e. The second kappa shape index (κ2) is 5.84. The molecule has 102 valence electrons. The molecule has 2 rings (SSSR count). The van der Waals surface area contributed by atoms with Crippen LogP contribution in [0.3, 0.4) is 0 Å². The summed E-state index contributed by atoms with van der Waals surface area (Å²) in [5.41, 5.74) is 0.541. The molecule has 1 saturated heterocycles. The van der Waals surface area contributed by atoms with Gasteiger partial charge in [-0.2, -0.15) is 0 Å². The Bertz CT molecular complexity index is 453. The molecule has 19 heavy (non-hydrogen) atoms. The van der Waals surface area contributed by atoms with Gasteiger partial charge in [0.15, 0.2) is 5.92 Å². The van der Waals surface area contributed by atoms with E-state index in [2.05, 4.69) is 4.90 Å². The Balaban J connectivity index is 2.16. The zero-order chi connectivity index (χ0) is 13.8. The summed E-state index contributed by atoms with van der Waals surface area (Å²) in [7, 11) is 1.99. The van der Waals surface area contributed by atoms with E-state index in [1.54, 1.807) is 29.2 Å². The van der Waals surface area contributed by atoms with E-state index in [1.807, 2.05) is 13.1 Å². The molecule has 1 aromatic carbocycles. The SMILES string of the molecule is CN1CCN(C(=O)C(C(=O)O)c2ccccc2)CC1. The van der Waals surface area contributed by atoms with Crippen LogP contribution in [-0.4, -0.2) is 60.0 Å². The van der Waals surface area contributed by atoms with Crippen LogP contribution in [0.5, 0.6) is 0 Å². The molecule has 1 N–H and O–H groups in total. The number of hydrogen-bond donors (Lipinski definition) is 1. The maximum atomic E-state index is 12.4. The quantitative estimate of drug-likeness (QED) is 0.812. The second-order valence-corrected chi connectivity index (χ2v) is 4.81. The highest BCUT2D eigenvalue weighted by Gasteiger charge is 2.33. The Kier molecular flexibility index (Phi) is 4.16. The number of carboxylic acids is 1. The number of rotatable bonds is 3. The summed E-state index contributed by atoms with van der Waals surface area (Å²) in [6.45, 7) is 2.75. The number of carbonyl (C=O) groups is 2. The number of piperazine rings is 1. The first-order chi connectivity index (χ1) is 9.09. The predicted molar refractivity (Wildman–Crippen MR) is 70.9 cm³/mol. The average molecular weight is 262 g/mol. The van der Waals surface area contributed by atoms with Crippen molar-refractivity contribution in [2.45, 2.75) is 5.92 Å². The van der Waals surface area contributed by atoms with Crippen molar-refractivity contribution in [1.29, 1.82) is 0 Å². The Labute approximate surface area is 112 Å². The molecule has 1 fully saturated rings. The van der Waals surface area contributed by atoms with E-state index in [9.17, 15) is 14.7 Å². The molecule has 0 spiro atoms. The predicted octanol–water partition coefficient (Wildman–Crippen LogP) is 0.629. The monoisotopic (exact) mass is 262 g/mol. The molecule has 1 aliphatic rings. The first kappa shape index (κ1) is 13.5. The van der Waals surface area contributed by atoms with Gasteiger partial charge in [0.25, 0.3) is 0 Å². The third-order valence-electron chi connectivity index (χ3n) is 3.44. The highest BCUT2D eigenvalue weighted by Crippen LogP contribution is 2.19. The van der Waals surface area contributed by atoms with Gasteiger partial charge in [0, 0.05) is 26.2 Å². The van der Waals surface area contributed by atoms with E-state index in [1.165, 1.54) is 0 Å². The highest BCUT2D eigenvalue weighted by atomic mass is 16.4. The van der Waals surface area contributed by atoms with Crippen molar-refractivity contribution in [1.82, 2.24) is 9.80 Å². The van der Waals surface area contributed by atoms with Crippen LogP contribution in [0.2, 0.25) is 0 Å². The van der Waals surface area contributed by atoms with Crippen LogP contribution in [0, 0.1) is 0 Å². The van der Waals surface area contributed by atoms with Gasteiger partial charge in [-0.1, -0.05) is 30.3 Å². The van der Waals surface area contributed by atoms with Crippen LogP contribution in [-0.2, 0) is 9.59 Å². The van der Waals surface area contributed by atoms with Gasteiger partial charge in [0.1, 0.15) is 0 Å². The summed E-state index contributed by atoms with van der Waals surface area (Å²) >= 11 is 0. The number of likely N-dealkylation sites (N-methyl/N-ethyl adjacent to an activating group) is 1. The molecular formula is C14H18N2O3. The van der Waals surface area contributed by atoms with Crippen LogP contribution < -0.4 is 0 Å². The minimum absolute atomic E-state index is 0.313. The van der Waals surface area contributed by atoms with Crippen molar-refractivity contribution in [2.75, 3.05) is 33.2 Å². The normalized spacial score (nSPS) is 18.1. The van der Waals surface area contributed by atoms with Crippen molar-refractivity contribution >= 4 is 11.9 Å². The van der Waals surface area contributed by atoms with Gasteiger partial charge >= 0.3 is 5.97 Å². The number of carboxylic acid groups (broad SMARTS) is 1. The molecule has 1 amide bonds. The van der Waals surface area contributed by atoms with Crippen LogP contribution in [0.25, 0.3) is 0 Å². The summed E-state index contributed by atoms with van der Waals surface area (Å²) < 4.78 is 0. The third-order valence-corrected chi connectivity index (χ3v) is 3.44. The Hall–Kier alpha value is -1.88. The van der Waals surface area contributed by atoms with Crippen molar-refractivity contribution in [3.63, 3.8) is 0 Å². The molecule has 1 heterocycles. The number of benzene rings is 1. The van der Waals surface area contributed by atoms with Crippen LogP contribution >= 0.6 is 0 Å². The lowest BCUT2D eigenvalue weighted by molar-refractivity contribution is -0.147. The molecule has 0 aliphatic carbocycles. The molecule has 5 nitrogen and oxygen atoms in total. The highest BCUT2D eigenvalue weighted by molar-refractivity contribution is 6.02. The van der Waals surface area contributed by atoms with Gasteiger partial charge in [0.2, 0.25) is 5.91 Å². The summed E-state index contributed by atoms with van der Waals surface area (Å²) in [5.74, 6) is -2.49. The van der Waals surface area contributed by atoms with Crippen LogP contribution in [0.1, 0.15) is 11.5 Å². The van der Waals surface area contributed by atoms with Gasteiger partial charge in [-0.3, -0.25) is 9.59 Å². The smallest absolute Gasteiger partial charge is 0.320 e. The minimum atomic E-state index is -1.09. The number of amides is 1. The first-order valence-corrected chi connectivity index (χ1v) is 6.34. The second-order valence-electron chi connectivity index (χ2n) is 4.81. The lowest BCUT2D eigenvalue weighted by atomic mass is 9.97. The van der Waals surface area contributed by atoms with E-state index in [0.29, 0.717) is 18.7 Å². The molecule has 0 radical (unpaired) electrons. The van der Waals surface area contributed by atoms with Crippen molar-refractivity contribution in [3.8, 4) is 0 Å². The summed E-state index contributed by atoms with van der Waals surface area (Å²) in [6, 6.07) is 8.69. The van der Waals surface area contributed by atoms with E-state index < -0.39 is 11.9 Å². The molecule has 0 aromatic heterocycles. The number of aliphatic carboxylic acids is 1. The molecular weight excluding hydrogens is 244 g/mol. The maximum Gasteiger partial charge on any atom is 0.320 e. The van der Waals surface area contributed by atoms with Gasteiger partial charge in [-0.05, 0) is 12.6 Å². The Morgan fingerprint density at radius 2 is 1.68 bits per heavy atom. The van der Waals surface area contributed by atoms with Gasteiger partial charge in [-0.25, -0.2) is 0 Å². The third kappa shape index (κ3) is 3.12. The fourth-order valence-electron chi connectivity index (χ4n) is 2.25. The van der Waals surface area contributed by atoms with Gasteiger partial charge in [0.05, 0.1) is 0 Å². The van der Waals surface area contributed by atoms with E-state index in [4.69, 9.17) is 0 Å². The van der Waals surface area contributed by atoms with Crippen molar-refractivity contribution in [2.24, 2.45) is 0 Å². The van der Waals surface area contributed by atoms with E-state index >= 15 is 0 Å². The molecule has 1 aromatic rings. The largest absolute Gasteiger partial charge is 0.480 e. The first-order valence-electron chi connectivity index (χ1n) is 6.34. The fourth-order valence-corrected chi connectivity index (χ4v) is 2.25. The van der Waals surface area contributed by atoms with E-state index in [0.717, 1.165) is 13.1 Å². The molecule has 1 atom stereocenters. The molecule has 0 saturated carbocycles. The summed E-state index contributed by atoms with van der Waals surface area (Å²) in [5, 5.41) is 9.32. The van der Waals surface area contributed by atoms with Crippen molar-refractivity contribution in [3.05, 3.63) is 35.9 Å². The number of hydrogen-bond acceptors (Lipinski definition) is 3. The van der Waals surface area contributed by atoms with E-state index in [-0.39, 0.29) is 5.91 Å². The zero-order valence-electron chi connectivity index (χ0n) is 11.0. The topological polar surface area (TPSA) is 60.9 Å². The fraction of sp³-hybridized carbons (Fsp3) is 0.429. The maximum absolute atomic E-state index is 12.4. The summed E-state index contributed by atoms with van der Waals surface area (Å²) in [6.07, 6.45) is 0. The van der Waals surface area contributed by atoms with Crippen LogP contribution in [0.4, 0.5) is 0 Å². The average Bonchev–Trinajstić information content (AvgIpc) is 2.40. The van der Waals surface area contributed by atoms with Crippen LogP contribution in [0.15, 0.2) is 30.3 Å². The Morgan fingerprint density at radius 3 is 2.21 bits per heavy atom. The molecule has 1 aliphatic heterocycles. The number of carbonyl (C=O) groups excluding carboxylic acids is 1. The Morgan fingerprint density at radius 1 is 1.11 bits per heavy atom. The molecule has 5 heteroatoms. The molecule has 1 unspecified atom stereocenters. The van der Waals surface area contributed by atoms with Gasteiger partial charge < -0.3 is 14.9 Å². The number of nitrogens with zero attached hydrogens (tertiary/aromatic N) is 2. The van der Waals surface area contributed by atoms with Crippen molar-refractivity contribution < 1.29 is 14.7 Å². The summed E-state index contributed by atoms with van der Waals surface area (Å²) in [4.78, 5) is 27.5. The zero-order valence-corrected chi connectivity index (χ0v) is 11.0. The lowest BCUT2D eigenvalue weighted by Gasteiger charge is -2.33. The standard InChI is InChI=1S/C14H18N2O3/c1-15-7-9-16(10-8-15)13(17)12(14(18)19)11-5-3-2-4-6-11/h2-6,12H,7-10H2,1H3,(H,18,19). The van der Waals surface area contributed by atoms with Gasteiger partial charge in [-0.15, -0.1) is 0 Å².